The van der Waals surface area contributed by atoms with E-state index in [1.165, 1.54) is 12.0 Å². The smallest absolute Gasteiger partial charge is 0.167 e. The first-order valence-electron chi connectivity index (χ1n) is 5.68. The maximum atomic E-state index is 12.2. The van der Waals surface area contributed by atoms with Crippen LogP contribution in [0.2, 0.25) is 0 Å². The quantitative estimate of drug-likeness (QED) is 0.583. The summed E-state index contributed by atoms with van der Waals surface area (Å²) in [6, 6.07) is 8.18. The SMILES string of the molecule is O=C1c2ccccc2C2C3C=CC(C3)C12. The summed E-state index contributed by atoms with van der Waals surface area (Å²) in [6.07, 6.45) is 5.78. The van der Waals surface area contributed by atoms with Crippen molar-refractivity contribution in [1.82, 2.24) is 0 Å². The van der Waals surface area contributed by atoms with Crippen LogP contribution < -0.4 is 0 Å². The Morgan fingerprint density at radius 2 is 1.73 bits per heavy atom. The second-order valence-electron chi connectivity index (χ2n) is 4.95. The molecule has 2 bridgehead atoms. The fraction of sp³-hybridized carbons (Fsp3) is 0.357. The van der Waals surface area contributed by atoms with Gasteiger partial charge in [0.2, 0.25) is 0 Å². The van der Waals surface area contributed by atoms with Crippen LogP contribution in [0.5, 0.6) is 0 Å². The van der Waals surface area contributed by atoms with E-state index in [-0.39, 0.29) is 5.92 Å². The molecule has 3 aliphatic carbocycles. The highest BCUT2D eigenvalue weighted by molar-refractivity contribution is 6.04. The zero-order valence-electron chi connectivity index (χ0n) is 8.39. The standard InChI is InChI=1S/C14H12O/c15-14-11-4-2-1-3-10(11)12-8-5-6-9(7-8)13(12)14/h1-6,8-9,12-13H,7H2. The summed E-state index contributed by atoms with van der Waals surface area (Å²) in [4.78, 5) is 12.2. The molecule has 0 heterocycles. The average molecular weight is 196 g/mol. The molecule has 1 nitrogen and oxygen atoms in total. The van der Waals surface area contributed by atoms with E-state index in [1.54, 1.807) is 0 Å². The highest BCUT2D eigenvalue weighted by Gasteiger charge is 2.53. The van der Waals surface area contributed by atoms with Gasteiger partial charge in [0.1, 0.15) is 0 Å². The number of ketones is 1. The van der Waals surface area contributed by atoms with E-state index in [2.05, 4.69) is 24.3 Å². The van der Waals surface area contributed by atoms with Gasteiger partial charge < -0.3 is 0 Å². The minimum atomic E-state index is 0.275. The largest absolute Gasteiger partial charge is 0.294 e. The van der Waals surface area contributed by atoms with Crippen LogP contribution in [-0.2, 0) is 0 Å². The Morgan fingerprint density at radius 1 is 1.00 bits per heavy atom. The van der Waals surface area contributed by atoms with E-state index in [0.717, 1.165) is 5.56 Å². The van der Waals surface area contributed by atoms with Crippen molar-refractivity contribution in [2.45, 2.75) is 12.3 Å². The van der Waals surface area contributed by atoms with Crippen LogP contribution in [0.3, 0.4) is 0 Å². The highest BCUT2D eigenvalue weighted by Crippen LogP contribution is 2.58. The van der Waals surface area contributed by atoms with Gasteiger partial charge in [-0.05, 0) is 23.8 Å². The summed E-state index contributed by atoms with van der Waals surface area (Å²) >= 11 is 0. The molecule has 3 aliphatic rings. The number of carbonyl (C=O) groups is 1. The first kappa shape index (κ1) is 7.86. The number of hydrogen-bond acceptors (Lipinski definition) is 1. The van der Waals surface area contributed by atoms with Crippen LogP contribution in [-0.4, -0.2) is 5.78 Å². The van der Waals surface area contributed by atoms with Gasteiger partial charge in [0.15, 0.2) is 5.78 Å². The molecule has 1 fully saturated rings. The second kappa shape index (κ2) is 2.41. The third-order valence-electron chi connectivity index (χ3n) is 4.35. The van der Waals surface area contributed by atoms with Crippen LogP contribution in [0.15, 0.2) is 36.4 Å². The van der Waals surface area contributed by atoms with Crippen molar-refractivity contribution in [3.63, 3.8) is 0 Å². The monoisotopic (exact) mass is 196 g/mol. The number of benzene rings is 1. The lowest BCUT2D eigenvalue weighted by atomic mass is 9.83. The first-order valence-corrected chi connectivity index (χ1v) is 5.68. The topological polar surface area (TPSA) is 17.1 Å². The number of Topliss-reactive ketones (excluding diaryl/α,β-unsaturated/α-hetero) is 1. The molecule has 0 spiro atoms. The van der Waals surface area contributed by atoms with Gasteiger partial charge in [0.25, 0.3) is 0 Å². The van der Waals surface area contributed by atoms with Crippen molar-refractivity contribution < 1.29 is 4.79 Å². The van der Waals surface area contributed by atoms with Crippen molar-refractivity contribution in [2.75, 3.05) is 0 Å². The molecule has 0 aliphatic heterocycles. The van der Waals surface area contributed by atoms with Gasteiger partial charge in [-0.3, -0.25) is 4.79 Å². The summed E-state index contributed by atoms with van der Waals surface area (Å²) in [5, 5.41) is 0. The van der Waals surface area contributed by atoms with Gasteiger partial charge in [-0.2, -0.15) is 0 Å². The van der Waals surface area contributed by atoms with Crippen molar-refractivity contribution >= 4 is 5.78 Å². The fourth-order valence-corrected chi connectivity index (χ4v) is 3.80. The molecular formula is C14H12O. The maximum Gasteiger partial charge on any atom is 0.167 e. The highest BCUT2D eigenvalue weighted by atomic mass is 16.1. The van der Waals surface area contributed by atoms with Gasteiger partial charge in [-0.25, -0.2) is 0 Å². The molecule has 0 N–H and O–H groups in total. The number of carbonyl (C=O) groups excluding carboxylic acids is 1. The maximum absolute atomic E-state index is 12.2. The van der Waals surface area contributed by atoms with Gasteiger partial charge >= 0.3 is 0 Å². The minimum Gasteiger partial charge on any atom is -0.294 e. The molecule has 1 heteroatoms. The predicted molar refractivity (Wildman–Crippen MR) is 57.7 cm³/mol. The molecule has 1 aromatic carbocycles. The average Bonchev–Trinajstić information content (AvgIpc) is 2.92. The Morgan fingerprint density at radius 3 is 2.60 bits per heavy atom. The van der Waals surface area contributed by atoms with Crippen molar-refractivity contribution in [3.8, 4) is 0 Å². The first-order chi connectivity index (χ1) is 7.36. The molecule has 74 valence electrons. The molecule has 15 heavy (non-hydrogen) atoms. The molecule has 0 saturated heterocycles. The van der Waals surface area contributed by atoms with Crippen molar-refractivity contribution in [1.29, 1.82) is 0 Å². The molecule has 4 atom stereocenters. The Hall–Kier alpha value is -1.37. The van der Waals surface area contributed by atoms with E-state index in [1.807, 2.05) is 12.1 Å². The second-order valence-corrected chi connectivity index (χ2v) is 4.95. The lowest BCUT2D eigenvalue weighted by Crippen LogP contribution is -2.18. The summed E-state index contributed by atoms with van der Waals surface area (Å²) in [7, 11) is 0. The van der Waals surface area contributed by atoms with Crippen molar-refractivity contribution in [3.05, 3.63) is 47.5 Å². The van der Waals surface area contributed by atoms with Gasteiger partial charge in [0.05, 0.1) is 0 Å². The van der Waals surface area contributed by atoms with E-state index in [9.17, 15) is 4.79 Å². The number of hydrogen-bond donors (Lipinski definition) is 0. The Balaban J connectivity index is 1.96. The molecule has 0 radical (unpaired) electrons. The summed E-state index contributed by atoms with van der Waals surface area (Å²) in [5.41, 5.74) is 2.30. The minimum absolute atomic E-state index is 0.275. The lowest BCUT2D eigenvalue weighted by molar-refractivity contribution is 0.0911. The zero-order valence-corrected chi connectivity index (χ0v) is 8.39. The number of allylic oxidation sites excluding steroid dienone is 2. The van der Waals surface area contributed by atoms with Crippen LogP contribution >= 0.6 is 0 Å². The third-order valence-corrected chi connectivity index (χ3v) is 4.35. The lowest BCUT2D eigenvalue weighted by Gasteiger charge is -2.19. The number of fused-ring (bicyclic) bond motifs is 7. The van der Waals surface area contributed by atoms with Gasteiger partial charge in [0, 0.05) is 17.4 Å². The van der Waals surface area contributed by atoms with Gasteiger partial charge in [-0.15, -0.1) is 0 Å². The molecular weight excluding hydrogens is 184 g/mol. The van der Waals surface area contributed by atoms with Crippen LogP contribution in [0.1, 0.15) is 28.3 Å². The van der Waals surface area contributed by atoms with E-state index < -0.39 is 0 Å². The molecule has 0 amide bonds. The fourth-order valence-electron chi connectivity index (χ4n) is 3.80. The van der Waals surface area contributed by atoms with Crippen LogP contribution in [0.4, 0.5) is 0 Å². The van der Waals surface area contributed by atoms with E-state index in [0.29, 0.717) is 23.5 Å². The summed E-state index contributed by atoms with van der Waals surface area (Å²) in [6.45, 7) is 0. The Kier molecular flexibility index (Phi) is 1.26. The zero-order chi connectivity index (χ0) is 9.99. The van der Waals surface area contributed by atoms with Crippen LogP contribution in [0.25, 0.3) is 0 Å². The Bertz CT molecular complexity index is 486. The predicted octanol–water partition coefficient (Wildman–Crippen LogP) is 2.79. The van der Waals surface area contributed by atoms with Crippen molar-refractivity contribution in [2.24, 2.45) is 17.8 Å². The third kappa shape index (κ3) is 0.785. The van der Waals surface area contributed by atoms with E-state index in [4.69, 9.17) is 0 Å². The molecule has 1 aromatic rings. The normalized spacial score (nSPS) is 39.6. The van der Waals surface area contributed by atoms with E-state index >= 15 is 0 Å². The molecule has 4 unspecified atom stereocenters. The number of rotatable bonds is 0. The molecule has 0 aromatic heterocycles. The molecule has 1 saturated carbocycles. The van der Waals surface area contributed by atoms with Gasteiger partial charge in [-0.1, -0.05) is 36.4 Å². The Labute approximate surface area is 88.8 Å². The summed E-state index contributed by atoms with van der Waals surface area (Å²) in [5.74, 6) is 2.33. The van der Waals surface area contributed by atoms with Crippen LogP contribution in [0, 0.1) is 17.8 Å². The molecule has 4 rings (SSSR count). The summed E-state index contributed by atoms with van der Waals surface area (Å²) < 4.78 is 0.